The van der Waals surface area contributed by atoms with Gasteiger partial charge in [-0.3, -0.25) is 0 Å². The van der Waals surface area contributed by atoms with Crippen molar-refractivity contribution in [2.45, 2.75) is 37.6 Å². The molecular weight excluding hydrogens is 290 g/mol. The summed E-state index contributed by atoms with van der Waals surface area (Å²) < 4.78 is 27.3. The lowest BCUT2D eigenvalue weighted by Gasteiger charge is -2.08. The van der Waals surface area contributed by atoms with Crippen molar-refractivity contribution in [1.29, 1.82) is 0 Å². The number of sulfonamides is 1. The number of fused-ring (bicyclic) bond motifs is 1. The third-order valence-corrected chi connectivity index (χ3v) is 6.42. The molecule has 0 radical (unpaired) electrons. The molecule has 0 saturated carbocycles. The van der Waals surface area contributed by atoms with E-state index >= 15 is 0 Å². The molecule has 0 aliphatic heterocycles. The smallest absolute Gasteiger partial charge is 0.207 e. The van der Waals surface area contributed by atoms with Crippen LogP contribution in [0.4, 0.5) is 0 Å². The molecule has 3 rings (SSSR count). The van der Waals surface area contributed by atoms with Gasteiger partial charge in [0.25, 0.3) is 0 Å². The Morgan fingerprint density at radius 2 is 2.05 bits per heavy atom. The van der Waals surface area contributed by atoms with Crippen molar-refractivity contribution in [3.8, 4) is 0 Å². The van der Waals surface area contributed by atoms with Gasteiger partial charge in [-0.15, -0.1) is 11.3 Å². The van der Waals surface area contributed by atoms with Crippen molar-refractivity contribution in [1.82, 2.24) is 4.72 Å². The number of rotatable bonds is 4. The van der Waals surface area contributed by atoms with E-state index < -0.39 is 10.0 Å². The highest BCUT2D eigenvalue weighted by molar-refractivity contribution is 7.89. The van der Waals surface area contributed by atoms with E-state index in [0.717, 1.165) is 23.3 Å². The van der Waals surface area contributed by atoms with Crippen molar-refractivity contribution in [3.05, 3.63) is 51.2 Å². The summed E-state index contributed by atoms with van der Waals surface area (Å²) in [6.45, 7) is 2.20. The van der Waals surface area contributed by atoms with Crippen LogP contribution in [-0.4, -0.2) is 8.42 Å². The number of hydrogen-bond donors (Lipinski definition) is 1. The standard InChI is InChI=1S/C15H17NO2S2/c1-11-5-2-3-8-15(11)20(17,18)16-10-13-9-12-6-4-7-14(12)19-13/h2-3,5,8-9,16H,4,6-7,10H2,1H3. The summed E-state index contributed by atoms with van der Waals surface area (Å²) in [7, 11) is -3.42. The second-order valence-electron chi connectivity index (χ2n) is 5.10. The highest BCUT2D eigenvalue weighted by Crippen LogP contribution is 2.30. The molecule has 2 aromatic rings. The number of hydrogen-bond acceptors (Lipinski definition) is 3. The van der Waals surface area contributed by atoms with Crippen molar-refractivity contribution in [3.63, 3.8) is 0 Å². The molecule has 1 aromatic heterocycles. The lowest BCUT2D eigenvalue weighted by Crippen LogP contribution is -2.23. The van der Waals surface area contributed by atoms with Crippen LogP contribution in [0.15, 0.2) is 35.2 Å². The normalized spacial score (nSPS) is 14.4. The predicted molar refractivity (Wildman–Crippen MR) is 81.5 cm³/mol. The Morgan fingerprint density at radius 3 is 2.80 bits per heavy atom. The quantitative estimate of drug-likeness (QED) is 0.944. The zero-order valence-corrected chi connectivity index (χ0v) is 13.0. The Bertz CT molecular complexity index is 711. The average molecular weight is 307 g/mol. The number of benzene rings is 1. The van der Waals surface area contributed by atoms with E-state index in [0.29, 0.717) is 11.4 Å². The summed E-state index contributed by atoms with van der Waals surface area (Å²) in [6.07, 6.45) is 3.51. The van der Waals surface area contributed by atoms with Gasteiger partial charge < -0.3 is 0 Å². The van der Waals surface area contributed by atoms with E-state index in [-0.39, 0.29) is 0 Å². The van der Waals surface area contributed by atoms with Gasteiger partial charge in [-0.05, 0) is 49.4 Å². The minimum Gasteiger partial charge on any atom is -0.207 e. The summed E-state index contributed by atoms with van der Waals surface area (Å²) >= 11 is 1.74. The van der Waals surface area contributed by atoms with Crippen LogP contribution in [0, 0.1) is 6.92 Å². The van der Waals surface area contributed by atoms with E-state index in [1.165, 1.54) is 16.9 Å². The fourth-order valence-corrected chi connectivity index (χ4v) is 5.12. The Hall–Kier alpha value is -1.17. The zero-order valence-electron chi connectivity index (χ0n) is 11.3. The van der Waals surface area contributed by atoms with Gasteiger partial charge in [0.2, 0.25) is 10.0 Å². The van der Waals surface area contributed by atoms with Crippen LogP contribution in [-0.2, 0) is 29.4 Å². The largest absolute Gasteiger partial charge is 0.241 e. The molecule has 0 spiro atoms. The van der Waals surface area contributed by atoms with Crippen molar-refractivity contribution in [2.75, 3.05) is 0 Å². The molecule has 1 aliphatic rings. The van der Waals surface area contributed by atoms with Gasteiger partial charge in [-0.25, -0.2) is 13.1 Å². The van der Waals surface area contributed by atoms with E-state index in [9.17, 15) is 8.42 Å². The second-order valence-corrected chi connectivity index (χ2v) is 8.06. The molecular formula is C15H17NO2S2. The van der Waals surface area contributed by atoms with Crippen LogP contribution in [0.5, 0.6) is 0 Å². The molecule has 1 heterocycles. The summed E-state index contributed by atoms with van der Waals surface area (Å²) in [5.41, 5.74) is 2.17. The van der Waals surface area contributed by atoms with E-state index in [1.807, 2.05) is 19.1 Å². The van der Waals surface area contributed by atoms with Crippen LogP contribution in [0.2, 0.25) is 0 Å². The molecule has 1 aliphatic carbocycles. The maximum Gasteiger partial charge on any atom is 0.241 e. The summed E-state index contributed by atoms with van der Waals surface area (Å²) in [5.74, 6) is 0. The van der Waals surface area contributed by atoms with Gasteiger partial charge in [0.15, 0.2) is 0 Å². The maximum atomic E-state index is 12.3. The molecule has 0 saturated heterocycles. The molecule has 20 heavy (non-hydrogen) atoms. The first-order chi connectivity index (χ1) is 9.56. The lowest BCUT2D eigenvalue weighted by molar-refractivity contribution is 0.581. The van der Waals surface area contributed by atoms with Crippen molar-refractivity contribution >= 4 is 21.4 Å². The summed E-state index contributed by atoms with van der Waals surface area (Å²) in [6, 6.07) is 9.20. The third kappa shape index (κ3) is 2.66. The molecule has 0 bridgehead atoms. The van der Waals surface area contributed by atoms with Gasteiger partial charge in [-0.1, -0.05) is 18.2 Å². The second kappa shape index (κ2) is 5.31. The highest BCUT2D eigenvalue weighted by Gasteiger charge is 2.18. The fourth-order valence-electron chi connectivity index (χ4n) is 2.58. The minimum atomic E-state index is -3.42. The SMILES string of the molecule is Cc1ccccc1S(=O)(=O)NCc1cc2c(s1)CCC2. The number of nitrogens with one attached hydrogen (secondary N) is 1. The van der Waals surface area contributed by atoms with Gasteiger partial charge >= 0.3 is 0 Å². The Morgan fingerprint density at radius 1 is 1.25 bits per heavy atom. The van der Waals surface area contributed by atoms with Gasteiger partial charge in [0.1, 0.15) is 0 Å². The van der Waals surface area contributed by atoms with Gasteiger partial charge in [-0.2, -0.15) is 0 Å². The summed E-state index contributed by atoms with van der Waals surface area (Å²) in [5, 5.41) is 0. The fraction of sp³-hybridized carbons (Fsp3) is 0.333. The molecule has 106 valence electrons. The van der Waals surface area contributed by atoms with Crippen LogP contribution >= 0.6 is 11.3 Å². The van der Waals surface area contributed by atoms with Crippen LogP contribution in [0.25, 0.3) is 0 Å². The average Bonchev–Trinajstić information content (AvgIpc) is 2.97. The van der Waals surface area contributed by atoms with Crippen LogP contribution in [0.3, 0.4) is 0 Å². The Kier molecular flexibility index (Phi) is 3.67. The van der Waals surface area contributed by atoms with Crippen molar-refractivity contribution in [2.24, 2.45) is 0 Å². The number of aryl methyl sites for hydroxylation is 3. The molecule has 1 aromatic carbocycles. The Labute approximate surface area is 123 Å². The van der Waals surface area contributed by atoms with E-state index in [2.05, 4.69) is 10.8 Å². The van der Waals surface area contributed by atoms with Crippen LogP contribution in [0.1, 0.15) is 27.3 Å². The lowest BCUT2D eigenvalue weighted by atomic mass is 10.2. The Balaban J connectivity index is 1.75. The maximum absolute atomic E-state index is 12.3. The molecule has 1 N–H and O–H groups in total. The van der Waals surface area contributed by atoms with Crippen LogP contribution < -0.4 is 4.72 Å². The van der Waals surface area contributed by atoms with E-state index in [4.69, 9.17) is 0 Å². The topological polar surface area (TPSA) is 46.2 Å². The molecule has 0 fully saturated rings. The molecule has 0 atom stereocenters. The van der Waals surface area contributed by atoms with Crippen molar-refractivity contribution < 1.29 is 8.42 Å². The third-order valence-electron chi connectivity index (χ3n) is 3.62. The molecule has 0 amide bonds. The molecule has 3 nitrogen and oxygen atoms in total. The van der Waals surface area contributed by atoms with Gasteiger partial charge in [0, 0.05) is 16.3 Å². The first-order valence-corrected chi connectivity index (χ1v) is 9.02. The predicted octanol–water partition coefficient (Wildman–Crippen LogP) is 3.02. The highest BCUT2D eigenvalue weighted by atomic mass is 32.2. The molecule has 5 heteroatoms. The molecule has 0 unspecified atom stereocenters. The van der Waals surface area contributed by atoms with Gasteiger partial charge in [0.05, 0.1) is 4.90 Å². The minimum absolute atomic E-state index is 0.365. The monoisotopic (exact) mass is 307 g/mol. The van der Waals surface area contributed by atoms with E-state index in [1.54, 1.807) is 23.5 Å². The first kappa shape index (κ1) is 13.8. The first-order valence-electron chi connectivity index (χ1n) is 6.72. The summed E-state index contributed by atoms with van der Waals surface area (Å²) in [4.78, 5) is 2.89. The number of thiophene rings is 1. The zero-order chi connectivity index (χ0) is 14.2.